The van der Waals surface area contributed by atoms with Gasteiger partial charge in [0.25, 0.3) is 0 Å². The van der Waals surface area contributed by atoms with Crippen molar-refractivity contribution in [3.63, 3.8) is 0 Å². The first-order chi connectivity index (χ1) is 13.9. The average molecular weight is 452 g/mol. The summed E-state index contributed by atoms with van der Waals surface area (Å²) in [5.41, 5.74) is 1.71. The van der Waals surface area contributed by atoms with Crippen LogP contribution in [0.3, 0.4) is 0 Å². The highest BCUT2D eigenvalue weighted by molar-refractivity contribution is 7.98. The molecule has 0 spiro atoms. The predicted molar refractivity (Wildman–Crippen MR) is 114 cm³/mol. The molecule has 1 heterocycles. The van der Waals surface area contributed by atoms with Crippen LogP contribution in [0.4, 0.5) is 9.52 Å². The first-order valence-corrected chi connectivity index (χ1v) is 12.1. The smallest absolute Gasteiger partial charge is 0.240 e. The van der Waals surface area contributed by atoms with E-state index in [4.69, 9.17) is 0 Å². The molecular weight excluding hydrogens is 433 g/mol. The maximum atomic E-state index is 12.9. The molecular formula is C19H18FN3O3S3. The highest BCUT2D eigenvalue weighted by Gasteiger charge is 2.15. The number of thiazole rings is 1. The molecule has 0 saturated carbocycles. The van der Waals surface area contributed by atoms with Gasteiger partial charge < -0.3 is 5.32 Å². The van der Waals surface area contributed by atoms with Crippen LogP contribution in [0.25, 0.3) is 11.3 Å². The average Bonchev–Trinajstić information content (AvgIpc) is 3.16. The second-order valence-electron chi connectivity index (χ2n) is 5.92. The maximum Gasteiger partial charge on any atom is 0.240 e. The van der Waals surface area contributed by atoms with Crippen LogP contribution in [0.5, 0.6) is 0 Å². The number of hydrogen-bond donors (Lipinski definition) is 2. The zero-order valence-corrected chi connectivity index (χ0v) is 17.8. The molecule has 2 N–H and O–H groups in total. The Morgan fingerprint density at radius 1 is 1.14 bits per heavy atom. The summed E-state index contributed by atoms with van der Waals surface area (Å²) >= 11 is 2.95. The van der Waals surface area contributed by atoms with Gasteiger partial charge in [0.1, 0.15) is 5.82 Å². The Labute approximate surface area is 176 Å². The van der Waals surface area contributed by atoms with Crippen LogP contribution in [0.2, 0.25) is 0 Å². The lowest BCUT2D eigenvalue weighted by Crippen LogP contribution is -2.27. The number of thioether (sulfide) groups is 1. The summed E-state index contributed by atoms with van der Waals surface area (Å²) in [4.78, 5) is 17.6. The van der Waals surface area contributed by atoms with E-state index < -0.39 is 15.8 Å². The Hall–Kier alpha value is -2.27. The minimum absolute atomic E-state index is 0.0578. The van der Waals surface area contributed by atoms with Crippen molar-refractivity contribution in [2.75, 3.05) is 18.1 Å². The van der Waals surface area contributed by atoms with E-state index >= 15 is 0 Å². The van der Waals surface area contributed by atoms with Crippen molar-refractivity contribution in [1.82, 2.24) is 9.71 Å². The standard InChI is InChI=1S/C19H18FN3O3S3/c1-27-15-6-2-13(3-7-15)17-12-28-19(22-17)23-18(24)10-11-21-29(25,26)16-8-4-14(20)5-9-16/h2-9,12,21H,10-11H2,1H3,(H,22,23,24). The van der Waals surface area contributed by atoms with Gasteiger partial charge in [-0.3, -0.25) is 4.79 Å². The third-order valence-corrected chi connectivity index (χ3v) is 6.88. The number of aromatic nitrogens is 1. The van der Waals surface area contributed by atoms with Crippen LogP contribution in [0.1, 0.15) is 6.42 Å². The zero-order chi connectivity index (χ0) is 20.9. The Balaban J connectivity index is 1.52. The Kier molecular flexibility index (Phi) is 7.01. The monoisotopic (exact) mass is 451 g/mol. The number of benzene rings is 2. The van der Waals surface area contributed by atoms with Gasteiger partial charge in [-0.15, -0.1) is 23.1 Å². The number of amides is 1. The molecule has 0 radical (unpaired) electrons. The van der Waals surface area contributed by atoms with Gasteiger partial charge in [-0.25, -0.2) is 22.5 Å². The van der Waals surface area contributed by atoms with Crippen molar-refractivity contribution in [1.29, 1.82) is 0 Å². The third-order valence-electron chi connectivity index (χ3n) is 3.90. The van der Waals surface area contributed by atoms with E-state index in [9.17, 15) is 17.6 Å². The SMILES string of the molecule is CSc1ccc(-c2csc(NC(=O)CCNS(=O)(=O)c3ccc(F)cc3)n2)cc1. The van der Waals surface area contributed by atoms with Crippen molar-refractivity contribution in [3.8, 4) is 11.3 Å². The zero-order valence-electron chi connectivity index (χ0n) is 15.4. The molecule has 0 aliphatic heterocycles. The summed E-state index contributed by atoms with van der Waals surface area (Å²) in [6, 6.07) is 12.4. The molecule has 2 aromatic carbocycles. The van der Waals surface area contributed by atoms with E-state index in [2.05, 4.69) is 15.0 Å². The second kappa shape index (κ2) is 9.49. The van der Waals surface area contributed by atoms with E-state index in [1.165, 1.54) is 23.5 Å². The van der Waals surface area contributed by atoms with Crippen molar-refractivity contribution < 1.29 is 17.6 Å². The van der Waals surface area contributed by atoms with Crippen LogP contribution >= 0.6 is 23.1 Å². The van der Waals surface area contributed by atoms with E-state index in [1.807, 2.05) is 35.9 Å². The molecule has 0 atom stereocenters. The number of carbonyl (C=O) groups excluding carboxylic acids is 1. The number of hydrogen-bond acceptors (Lipinski definition) is 6. The van der Waals surface area contributed by atoms with Crippen LogP contribution in [-0.4, -0.2) is 32.1 Å². The van der Waals surface area contributed by atoms with Crippen LogP contribution in [0.15, 0.2) is 63.7 Å². The number of carbonyl (C=O) groups is 1. The summed E-state index contributed by atoms with van der Waals surface area (Å²) in [5, 5.41) is 4.96. The topological polar surface area (TPSA) is 88.2 Å². The quantitative estimate of drug-likeness (QED) is 0.506. The van der Waals surface area contributed by atoms with Crippen LogP contribution < -0.4 is 10.0 Å². The van der Waals surface area contributed by atoms with Crippen LogP contribution in [0, 0.1) is 5.82 Å². The molecule has 0 bridgehead atoms. The van der Waals surface area contributed by atoms with Crippen molar-refractivity contribution in [3.05, 3.63) is 59.7 Å². The largest absolute Gasteiger partial charge is 0.302 e. The molecule has 0 fully saturated rings. The van der Waals surface area contributed by atoms with Gasteiger partial charge in [-0.2, -0.15) is 0 Å². The molecule has 1 aromatic heterocycles. The Bertz CT molecular complexity index is 1080. The lowest BCUT2D eigenvalue weighted by atomic mass is 10.2. The molecule has 10 heteroatoms. The maximum absolute atomic E-state index is 12.9. The first kappa shape index (κ1) is 21.4. The molecule has 3 aromatic rings. The first-order valence-electron chi connectivity index (χ1n) is 8.52. The van der Waals surface area contributed by atoms with Gasteiger partial charge >= 0.3 is 0 Å². The van der Waals surface area contributed by atoms with Crippen LogP contribution in [-0.2, 0) is 14.8 Å². The number of anilines is 1. The second-order valence-corrected chi connectivity index (χ2v) is 9.42. The Morgan fingerprint density at radius 2 is 1.83 bits per heavy atom. The minimum Gasteiger partial charge on any atom is -0.302 e. The summed E-state index contributed by atoms with van der Waals surface area (Å²) in [5.74, 6) is -0.878. The van der Waals surface area contributed by atoms with E-state index in [0.29, 0.717) is 5.13 Å². The fourth-order valence-electron chi connectivity index (χ4n) is 2.40. The molecule has 0 unspecified atom stereocenters. The fraction of sp³-hybridized carbons (Fsp3) is 0.158. The molecule has 152 valence electrons. The molecule has 6 nitrogen and oxygen atoms in total. The van der Waals surface area contributed by atoms with Gasteiger partial charge in [0.15, 0.2) is 5.13 Å². The molecule has 0 aliphatic carbocycles. The summed E-state index contributed by atoms with van der Waals surface area (Å²) < 4.78 is 39.5. The number of halogens is 1. The van der Waals surface area contributed by atoms with Gasteiger partial charge in [0, 0.05) is 28.8 Å². The number of nitrogens with zero attached hydrogens (tertiary/aromatic N) is 1. The number of nitrogens with one attached hydrogen (secondary N) is 2. The fourth-order valence-corrected chi connectivity index (χ4v) is 4.58. The van der Waals surface area contributed by atoms with E-state index in [0.717, 1.165) is 28.3 Å². The van der Waals surface area contributed by atoms with E-state index in [1.54, 1.807) is 11.8 Å². The van der Waals surface area contributed by atoms with Crippen molar-refractivity contribution in [2.45, 2.75) is 16.2 Å². The number of rotatable bonds is 8. The lowest BCUT2D eigenvalue weighted by molar-refractivity contribution is -0.116. The van der Waals surface area contributed by atoms with Gasteiger partial charge in [0.2, 0.25) is 15.9 Å². The lowest BCUT2D eigenvalue weighted by Gasteiger charge is -2.06. The van der Waals surface area contributed by atoms with Gasteiger partial charge in [-0.05, 0) is 42.7 Å². The molecule has 29 heavy (non-hydrogen) atoms. The molecule has 0 saturated heterocycles. The molecule has 3 rings (SSSR count). The van der Waals surface area contributed by atoms with Gasteiger partial charge in [-0.1, -0.05) is 12.1 Å². The normalized spacial score (nSPS) is 11.4. The van der Waals surface area contributed by atoms with Crippen molar-refractivity contribution in [2.24, 2.45) is 0 Å². The third kappa shape index (κ3) is 5.86. The van der Waals surface area contributed by atoms with E-state index in [-0.39, 0.29) is 23.8 Å². The highest BCUT2D eigenvalue weighted by Crippen LogP contribution is 2.26. The predicted octanol–water partition coefficient (Wildman–Crippen LogP) is 3.98. The summed E-state index contributed by atoms with van der Waals surface area (Å²) in [6.45, 7) is -0.0834. The van der Waals surface area contributed by atoms with Crippen molar-refractivity contribution >= 4 is 44.2 Å². The van der Waals surface area contributed by atoms with Gasteiger partial charge in [0.05, 0.1) is 10.6 Å². The summed E-state index contributed by atoms with van der Waals surface area (Å²) in [6.07, 6.45) is 1.95. The highest BCUT2D eigenvalue weighted by atomic mass is 32.2. The minimum atomic E-state index is -3.79. The summed E-state index contributed by atoms with van der Waals surface area (Å²) in [7, 11) is -3.79. The molecule has 1 amide bonds. The molecule has 0 aliphatic rings. The number of sulfonamides is 1. The Morgan fingerprint density at radius 3 is 2.48 bits per heavy atom.